The SMILES string of the molecule is C#CCOc1cc(-n2nc3n(c2=O)CCCC3)c(Cl)cc1Cl.C=CCN(CC=C)C(=O)C(Cl)Cl.CCc1cccc(C)c1N(C(=O)CCl)C(C)COC. The highest BCUT2D eigenvalue weighted by atomic mass is 35.5. The predicted molar refractivity (Wildman–Crippen MR) is 218 cm³/mol. The Balaban J connectivity index is 0.000000288. The molecule has 2 amide bonds. The number of nitrogens with zero attached hydrogens (tertiary/aromatic N) is 5. The van der Waals surface area contributed by atoms with Crippen LogP contribution >= 0.6 is 58.0 Å². The number of benzene rings is 2. The Bertz CT molecular complexity index is 1790. The van der Waals surface area contributed by atoms with Crippen LogP contribution < -0.4 is 15.3 Å². The molecule has 1 aromatic heterocycles. The summed E-state index contributed by atoms with van der Waals surface area (Å²) in [7, 11) is 1.64. The first kappa shape index (κ1) is 45.7. The van der Waals surface area contributed by atoms with Crippen LogP contribution in [0, 0.1) is 19.3 Å². The van der Waals surface area contributed by atoms with Crippen molar-refractivity contribution in [1.82, 2.24) is 19.2 Å². The van der Waals surface area contributed by atoms with Gasteiger partial charge in [-0.25, -0.2) is 4.79 Å². The zero-order valence-electron chi connectivity index (χ0n) is 30.4. The van der Waals surface area contributed by atoms with E-state index in [4.69, 9.17) is 73.9 Å². The molecule has 0 fully saturated rings. The van der Waals surface area contributed by atoms with E-state index in [1.54, 1.807) is 34.8 Å². The first-order valence-corrected chi connectivity index (χ1v) is 19.0. The van der Waals surface area contributed by atoms with Gasteiger partial charge in [-0.2, -0.15) is 4.68 Å². The molecule has 1 aliphatic rings. The number of carbonyl (C=O) groups excluding carboxylic acids is 2. The standard InChI is InChI=1S/C15H13Cl2N3O2.C15H22ClNO2.C8H11Cl2NO/c1-2-7-22-13-9-12(10(16)8-11(13)17)20-15(21)19-6-4-3-5-14(19)18-20;1-5-13-8-6-7-11(2)15(13)17(14(18)9-16)12(3)10-19-4;1-3-5-11(6-4-2)8(12)7(9)10/h1,8-9H,3-7H2;6-8,12H,5,9-10H2,1-4H3;3-4,7H,1-2,5-6H2. The molecule has 0 aliphatic carbocycles. The summed E-state index contributed by atoms with van der Waals surface area (Å²) in [6, 6.07) is 9.15. The molecule has 2 aromatic carbocycles. The van der Waals surface area contributed by atoms with Crippen LogP contribution in [0.2, 0.25) is 10.0 Å². The molecule has 2 heterocycles. The van der Waals surface area contributed by atoms with Gasteiger partial charge in [-0.05, 0) is 50.3 Å². The monoisotopic (exact) mass is 827 g/mol. The number of methoxy groups -OCH3 is 1. The third-order valence-corrected chi connectivity index (χ3v) is 9.08. The van der Waals surface area contributed by atoms with Crippen LogP contribution in [0.15, 0.2) is 60.4 Å². The molecule has 4 rings (SSSR count). The molecule has 1 unspecified atom stereocenters. The van der Waals surface area contributed by atoms with Crippen LogP contribution in [-0.4, -0.2) is 81.2 Å². The Hall–Kier alpha value is -3.43. The average molecular weight is 830 g/mol. The van der Waals surface area contributed by atoms with Crippen LogP contribution in [0.4, 0.5) is 5.69 Å². The topological polar surface area (TPSA) is 98.9 Å². The van der Waals surface area contributed by atoms with E-state index in [0.717, 1.165) is 48.3 Å². The van der Waals surface area contributed by atoms with E-state index in [2.05, 4.69) is 37.2 Å². The smallest absolute Gasteiger partial charge is 0.350 e. The molecule has 15 heteroatoms. The summed E-state index contributed by atoms with van der Waals surface area (Å²) >= 11 is 28.8. The zero-order chi connectivity index (χ0) is 39.7. The molecular weight excluding hydrogens is 784 g/mol. The number of amides is 2. The third kappa shape index (κ3) is 12.8. The molecule has 0 bridgehead atoms. The lowest BCUT2D eigenvalue weighted by Gasteiger charge is -2.31. The number of ether oxygens (including phenoxy) is 2. The number of halogens is 5. The van der Waals surface area contributed by atoms with Gasteiger partial charge in [0, 0.05) is 39.2 Å². The summed E-state index contributed by atoms with van der Waals surface area (Å²) in [5.41, 5.74) is 3.44. The van der Waals surface area contributed by atoms with E-state index >= 15 is 0 Å². The fraction of sp³-hybridized carbons (Fsp3) is 0.421. The van der Waals surface area contributed by atoms with Gasteiger partial charge in [0.05, 0.1) is 34.1 Å². The highest BCUT2D eigenvalue weighted by molar-refractivity contribution is 6.53. The molecule has 1 atom stereocenters. The zero-order valence-corrected chi connectivity index (χ0v) is 34.2. The molecule has 0 N–H and O–H groups in total. The second-order valence-corrected chi connectivity index (χ2v) is 13.9. The Labute approximate surface area is 337 Å². The number of hydrogen-bond acceptors (Lipinski definition) is 6. The molecule has 53 heavy (non-hydrogen) atoms. The van der Waals surface area contributed by atoms with Crippen LogP contribution in [0.5, 0.6) is 5.75 Å². The second kappa shape index (κ2) is 23.4. The molecule has 0 saturated carbocycles. The van der Waals surface area contributed by atoms with Gasteiger partial charge >= 0.3 is 5.69 Å². The fourth-order valence-electron chi connectivity index (χ4n) is 5.49. The number of hydrogen-bond donors (Lipinski definition) is 0. The van der Waals surface area contributed by atoms with Crippen molar-refractivity contribution in [3.8, 4) is 23.8 Å². The number of rotatable bonds is 14. The lowest BCUT2D eigenvalue weighted by atomic mass is 10.0. The molecule has 0 saturated heterocycles. The largest absolute Gasteiger partial charge is 0.479 e. The molecule has 3 aromatic rings. The fourth-order valence-corrected chi connectivity index (χ4v) is 6.41. The molecule has 1 aliphatic heterocycles. The van der Waals surface area contributed by atoms with Gasteiger partial charge in [0.1, 0.15) is 24.1 Å². The summed E-state index contributed by atoms with van der Waals surface area (Å²) in [5.74, 6) is 3.08. The van der Waals surface area contributed by atoms with Gasteiger partial charge in [0.15, 0.2) is 4.84 Å². The third-order valence-electron chi connectivity index (χ3n) is 7.88. The minimum absolute atomic E-state index is 0.0223. The normalized spacial score (nSPS) is 12.2. The molecule has 0 spiro atoms. The molecule has 0 radical (unpaired) electrons. The molecular formula is C38H46Cl5N5O5. The Morgan fingerprint density at radius 1 is 1.13 bits per heavy atom. The maximum Gasteiger partial charge on any atom is 0.350 e. The quantitative estimate of drug-likeness (QED) is 0.0934. The van der Waals surface area contributed by atoms with Crippen molar-refractivity contribution in [3.63, 3.8) is 0 Å². The Morgan fingerprint density at radius 3 is 2.36 bits per heavy atom. The van der Waals surface area contributed by atoms with E-state index in [1.165, 1.54) is 15.6 Å². The number of aryl methyl sites for hydroxylation is 3. The van der Waals surface area contributed by atoms with Gasteiger partial charge in [0.25, 0.3) is 5.91 Å². The van der Waals surface area contributed by atoms with Crippen molar-refractivity contribution in [2.24, 2.45) is 0 Å². The van der Waals surface area contributed by atoms with E-state index in [-0.39, 0.29) is 36.0 Å². The van der Waals surface area contributed by atoms with Gasteiger partial charge in [-0.3, -0.25) is 14.2 Å². The summed E-state index contributed by atoms with van der Waals surface area (Å²) in [4.78, 5) is 38.1. The summed E-state index contributed by atoms with van der Waals surface area (Å²) in [6.07, 6.45) is 12.1. The van der Waals surface area contributed by atoms with Gasteiger partial charge in [-0.1, -0.05) is 89.6 Å². The second-order valence-electron chi connectivity index (χ2n) is 11.7. The van der Waals surface area contributed by atoms with Crippen molar-refractivity contribution in [3.05, 3.63) is 93.1 Å². The number of fused-ring (bicyclic) bond motifs is 1. The van der Waals surface area contributed by atoms with Crippen LogP contribution in [0.3, 0.4) is 0 Å². The van der Waals surface area contributed by atoms with Gasteiger partial charge in [-0.15, -0.1) is 36.3 Å². The summed E-state index contributed by atoms with van der Waals surface area (Å²) in [5, 5.41) is 5.04. The van der Waals surface area contributed by atoms with Crippen molar-refractivity contribution in [1.29, 1.82) is 0 Å². The molecule has 10 nitrogen and oxygen atoms in total. The number of carbonyl (C=O) groups is 2. The lowest BCUT2D eigenvalue weighted by molar-refractivity contribution is -0.128. The summed E-state index contributed by atoms with van der Waals surface area (Å²) < 4.78 is 13.5. The maximum atomic E-state index is 12.5. The number of aromatic nitrogens is 3. The van der Waals surface area contributed by atoms with E-state index in [1.807, 2.05) is 26.0 Å². The van der Waals surface area contributed by atoms with Crippen molar-refractivity contribution < 1.29 is 19.1 Å². The highest BCUT2D eigenvalue weighted by Crippen LogP contribution is 2.33. The highest BCUT2D eigenvalue weighted by Gasteiger charge is 2.25. The lowest BCUT2D eigenvalue weighted by Crippen LogP contribution is -2.43. The van der Waals surface area contributed by atoms with Crippen LogP contribution in [0.1, 0.15) is 43.6 Å². The van der Waals surface area contributed by atoms with E-state index < -0.39 is 4.84 Å². The number of alkyl halides is 3. The molecule has 288 valence electrons. The predicted octanol–water partition coefficient (Wildman–Crippen LogP) is 7.84. The minimum atomic E-state index is -1.01. The van der Waals surface area contributed by atoms with Gasteiger partial charge in [0.2, 0.25) is 5.91 Å². The number of para-hydroxylation sites is 1. The number of anilines is 1. The van der Waals surface area contributed by atoms with E-state index in [9.17, 15) is 14.4 Å². The number of terminal acetylenes is 1. The first-order valence-electron chi connectivity index (χ1n) is 16.8. The van der Waals surface area contributed by atoms with Crippen molar-refractivity contribution >= 4 is 75.5 Å². The van der Waals surface area contributed by atoms with Crippen molar-refractivity contribution in [2.45, 2.75) is 63.9 Å². The maximum absolute atomic E-state index is 12.5. The average Bonchev–Trinajstić information content (AvgIpc) is 3.47. The van der Waals surface area contributed by atoms with E-state index in [0.29, 0.717) is 47.7 Å². The van der Waals surface area contributed by atoms with Crippen LogP contribution in [-0.2, 0) is 33.7 Å². The van der Waals surface area contributed by atoms with Gasteiger partial charge < -0.3 is 19.3 Å². The minimum Gasteiger partial charge on any atom is -0.479 e. The Morgan fingerprint density at radius 2 is 1.81 bits per heavy atom. The first-order chi connectivity index (χ1) is 25.3. The van der Waals surface area contributed by atoms with Crippen molar-refractivity contribution in [2.75, 3.05) is 44.2 Å². The Kier molecular flexibility index (Phi) is 20.2. The summed E-state index contributed by atoms with van der Waals surface area (Å²) in [6.45, 7) is 15.2. The van der Waals surface area contributed by atoms with Crippen LogP contribution in [0.25, 0.3) is 5.69 Å².